The number of carbonyl (C=O) groups excluding carboxylic acids is 1. The molecule has 0 radical (unpaired) electrons. The quantitative estimate of drug-likeness (QED) is 0.724. The second-order valence-electron chi connectivity index (χ2n) is 5.16. The molecule has 110 valence electrons. The molecule has 5 heteroatoms. The summed E-state index contributed by atoms with van der Waals surface area (Å²) in [5.74, 6) is -0.603. The molecule has 1 aromatic carbocycles. The van der Waals surface area contributed by atoms with Gasteiger partial charge in [0.1, 0.15) is 0 Å². The molecule has 0 saturated heterocycles. The summed E-state index contributed by atoms with van der Waals surface area (Å²) in [5, 5.41) is 12.5. The van der Waals surface area contributed by atoms with Gasteiger partial charge in [-0.05, 0) is 43.1 Å². The molecule has 0 fully saturated rings. The SMILES string of the molecule is CC(C)CNC(CCC(=O)O)C(=O)c1ccc(Cl)cc1. The van der Waals surface area contributed by atoms with Crippen molar-refractivity contribution in [1.82, 2.24) is 5.32 Å². The summed E-state index contributed by atoms with van der Waals surface area (Å²) in [4.78, 5) is 23.1. The van der Waals surface area contributed by atoms with E-state index in [1.54, 1.807) is 24.3 Å². The van der Waals surface area contributed by atoms with Gasteiger partial charge in [-0.3, -0.25) is 9.59 Å². The summed E-state index contributed by atoms with van der Waals surface area (Å²) in [7, 11) is 0. The number of rotatable bonds is 8. The first kappa shape index (κ1) is 16.7. The maximum absolute atomic E-state index is 12.4. The monoisotopic (exact) mass is 297 g/mol. The topological polar surface area (TPSA) is 66.4 Å². The van der Waals surface area contributed by atoms with Crippen LogP contribution in [0.5, 0.6) is 0 Å². The Balaban J connectivity index is 2.76. The number of carboxylic acid groups (broad SMARTS) is 1. The van der Waals surface area contributed by atoms with E-state index in [-0.39, 0.29) is 18.6 Å². The number of benzene rings is 1. The molecule has 0 aliphatic heterocycles. The predicted octanol–water partition coefficient (Wildman–Crippen LogP) is 3.00. The fourth-order valence-corrected chi connectivity index (χ4v) is 1.91. The number of nitrogens with one attached hydrogen (secondary N) is 1. The van der Waals surface area contributed by atoms with Gasteiger partial charge in [-0.25, -0.2) is 0 Å². The molecular formula is C15H20ClNO3. The summed E-state index contributed by atoms with van der Waals surface area (Å²) in [5.41, 5.74) is 0.543. The zero-order valence-corrected chi connectivity index (χ0v) is 12.5. The minimum absolute atomic E-state index is 0.0326. The van der Waals surface area contributed by atoms with Crippen LogP contribution in [-0.4, -0.2) is 29.4 Å². The molecule has 4 nitrogen and oxygen atoms in total. The number of ketones is 1. The number of halogens is 1. The van der Waals surface area contributed by atoms with Crippen molar-refractivity contribution in [3.63, 3.8) is 0 Å². The Kier molecular flexibility index (Phi) is 6.68. The lowest BCUT2D eigenvalue weighted by molar-refractivity contribution is -0.137. The zero-order chi connectivity index (χ0) is 15.1. The lowest BCUT2D eigenvalue weighted by atomic mass is 9.99. The Hall–Kier alpha value is -1.39. The van der Waals surface area contributed by atoms with E-state index in [9.17, 15) is 9.59 Å². The van der Waals surface area contributed by atoms with Gasteiger partial charge in [-0.2, -0.15) is 0 Å². The second-order valence-corrected chi connectivity index (χ2v) is 5.59. The average molecular weight is 298 g/mol. The molecule has 1 rings (SSSR count). The lowest BCUT2D eigenvalue weighted by Gasteiger charge is -2.18. The summed E-state index contributed by atoms with van der Waals surface area (Å²) < 4.78 is 0. The third-order valence-electron chi connectivity index (χ3n) is 2.86. The van der Waals surface area contributed by atoms with Crippen molar-refractivity contribution < 1.29 is 14.7 Å². The zero-order valence-electron chi connectivity index (χ0n) is 11.7. The normalized spacial score (nSPS) is 12.4. The summed E-state index contributed by atoms with van der Waals surface area (Å²) >= 11 is 5.80. The highest BCUT2D eigenvalue weighted by atomic mass is 35.5. The van der Waals surface area contributed by atoms with Crippen LogP contribution in [-0.2, 0) is 4.79 Å². The third kappa shape index (κ3) is 5.72. The minimum Gasteiger partial charge on any atom is -0.481 e. The van der Waals surface area contributed by atoms with E-state index in [1.165, 1.54) is 0 Å². The van der Waals surface area contributed by atoms with Crippen LogP contribution < -0.4 is 5.32 Å². The maximum atomic E-state index is 12.4. The lowest BCUT2D eigenvalue weighted by Crippen LogP contribution is -2.39. The van der Waals surface area contributed by atoms with Gasteiger partial charge in [0.05, 0.1) is 6.04 Å². The van der Waals surface area contributed by atoms with Crippen LogP contribution in [0, 0.1) is 5.92 Å². The number of hydrogen-bond acceptors (Lipinski definition) is 3. The molecule has 1 aromatic rings. The van der Waals surface area contributed by atoms with E-state index in [1.807, 2.05) is 13.8 Å². The van der Waals surface area contributed by atoms with Crippen molar-refractivity contribution in [1.29, 1.82) is 0 Å². The Morgan fingerprint density at radius 1 is 1.25 bits per heavy atom. The molecule has 0 amide bonds. The molecule has 0 aliphatic carbocycles. The molecule has 1 atom stereocenters. The molecule has 0 saturated carbocycles. The molecule has 1 unspecified atom stereocenters. The molecule has 0 bridgehead atoms. The Morgan fingerprint density at radius 2 is 1.85 bits per heavy atom. The molecular weight excluding hydrogens is 278 g/mol. The van der Waals surface area contributed by atoms with Crippen LogP contribution in [0.2, 0.25) is 5.02 Å². The molecule has 0 spiro atoms. The smallest absolute Gasteiger partial charge is 0.303 e. The van der Waals surface area contributed by atoms with Crippen molar-refractivity contribution in [3.8, 4) is 0 Å². The van der Waals surface area contributed by atoms with Gasteiger partial charge < -0.3 is 10.4 Å². The Labute approximate surface area is 124 Å². The average Bonchev–Trinajstić information content (AvgIpc) is 2.38. The Bertz CT molecular complexity index is 457. The first-order valence-electron chi connectivity index (χ1n) is 6.65. The van der Waals surface area contributed by atoms with Crippen LogP contribution >= 0.6 is 11.6 Å². The van der Waals surface area contributed by atoms with Gasteiger partial charge in [0, 0.05) is 17.0 Å². The fraction of sp³-hybridized carbons (Fsp3) is 0.467. The largest absolute Gasteiger partial charge is 0.481 e. The van der Waals surface area contributed by atoms with Crippen LogP contribution in [0.4, 0.5) is 0 Å². The summed E-state index contributed by atoms with van der Waals surface area (Å²) in [6.07, 6.45) is 0.249. The number of aliphatic carboxylic acids is 1. The van der Waals surface area contributed by atoms with Gasteiger partial charge in [0.15, 0.2) is 5.78 Å². The Morgan fingerprint density at radius 3 is 2.35 bits per heavy atom. The minimum atomic E-state index is -0.898. The standard InChI is InChI=1S/C15H20ClNO3/c1-10(2)9-17-13(7-8-14(18)19)15(20)11-3-5-12(16)6-4-11/h3-6,10,13,17H,7-9H2,1-2H3,(H,18,19). The van der Waals surface area contributed by atoms with E-state index in [2.05, 4.69) is 5.32 Å². The highest BCUT2D eigenvalue weighted by Gasteiger charge is 2.20. The van der Waals surface area contributed by atoms with Crippen molar-refractivity contribution in [2.24, 2.45) is 5.92 Å². The molecule has 0 aromatic heterocycles. The highest BCUT2D eigenvalue weighted by molar-refractivity contribution is 6.30. The number of hydrogen-bond donors (Lipinski definition) is 2. The van der Waals surface area contributed by atoms with Crippen LogP contribution in [0.3, 0.4) is 0 Å². The van der Waals surface area contributed by atoms with E-state index in [4.69, 9.17) is 16.7 Å². The summed E-state index contributed by atoms with van der Waals surface area (Å²) in [6, 6.07) is 6.16. The van der Waals surface area contributed by atoms with Crippen LogP contribution in [0.1, 0.15) is 37.0 Å². The predicted molar refractivity (Wildman–Crippen MR) is 79.3 cm³/mol. The van der Waals surface area contributed by atoms with Gasteiger partial charge in [-0.1, -0.05) is 25.4 Å². The van der Waals surface area contributed by atoms with Crippen molar-refractivity contribution in [2.45, 2.75) is 32.7 Å². The van der Waals surface area contributed by atoms with Crippen LogP contribution in [0.25, 0.3) is 0 Å². The number of Topliss-reactive ketones (excluding diaryl/α,β-unsaturated/α-hetero) is 1. The maximum Gasteiger partial charge on any atom is 0.303 e. The van der Waals surface area contributed by atoms with E-state index >= 15 is 0 Å². The second kappa shape index (κ2) is 8.02. The van der Waals surface area contributed by atoms with E-state index in [0.717, 1.165) is 0 Å². The van der Waals surface area contributed by atoms with Crippen molar-refractivity contribution in [3.05, 3.63) is 34.9 Å². The molecule has 20 heavy (non-hydrogen) atoms. The van der Waals surface area contributed by atoms with Crippen molar-refractivity contribution in [2.75, 3.05) is 6.54 Å². The molecule has 0 aliphatic rings. The van der Waals surface area contributed by atoms with E-state index < -0.39 is 12.0 Å². The first-order valence-corrected chi connectivity index (χ1v) is 7.03. The van der Waals surface area contributed by atoms with Crippen molar-refractivity contribution >= 4 is 23.4 Å². The van der Waals surface area contributed by atoms with Gasteiger partial charge in [0.25, 0.3) is 0 Å². The van der Waals surface area contributed by atoms with Gasteiger partial charge in [0.2, 0.25) is 0 Å². The summed E-state index contributed by atoms with van der Waals surface area (Å²) in [6.45, 7) is 4.74. The molecule has 0 heterocycles. The van der Waals surface area contributed by atoms with E-state index in [0.29, 0.717) is 23.0 Å². The third-order valence-corrected chi connectivity index (χ3v) is 3.12. The number of carboxylic acids is 1. The first-order chi connectivity index (χ1) is 9.40. The number of carbonyl (C=O) groups is 2. The van der Waals surface area contributed by atoms with Crippen LogP contribution in [0.15, 0.2) is 24.3 Å². The van der Waals surface area contributed by atoms with Gasteiger partial charge >= 0.3 is 5.97 Å². The molecule has 2 N–H and O–H groups in total. The van der Waals surface area contributed by atoms with Gasteiger partial charge in [-0.15, -0.1) is 0 Å². The fourth-order valence-electron chi connectivity index (χ4n) is 1.79. The highest BCUT2D eigenvalue weighted by Crippen LogP contribution is 2.13.